The van der Waals surface area contributed by atoms with Crippen LogP contribution < -0.4 is 4.90 Å². The lowest BCUT2D eigenvalue weighted by molar-refractivity contribution is 0.0605. The van der Waals surface area contributed by atoms with Gasteiger partial charge in [-0.15, -0.1) is 0 Å². The molecule has 1 aromatic heterocycles. The maximum Gasteiger partial charge on any atom is 0.350 e. The minimum Gasteiger partial charge on any atom is -0.465 e. The molecular formula is C12H20N2O3S. The molecule has 0 aliphatic heterocycles. The first kappa shape index (κ1) is 14.9. The number of methoxy groups -OCH3 is 1. The van der Waals surface area contributed by atoms with E-state index in [0.29, 0.717) is 17.2 Å². The van der Waals surface area contributed by atoms with Gasteiger partial charge < -0.3 is 14.4 Å². The van der Waals surface area contributed by atoms with E-state index in [1.165, 1.54) is 18.4 Å². The standard InChI is InChI=1S/C12H20N2O3S/c1-8(2)17-7-6-14(4)12-13-9(3)10(18-12)11(15)16-5/h8H,6-7H2,1-5H3. The molecule has 0 radical (unpaired) electrons. The second kappa shape index (κ2) is 6.70. The quantitative estimate of drug-likeness (QED) is 0.742. The third-order valence-corrected chi connectivity index (χ3v) is 3.61. The van der Waals surface area contributed by atoms with Crippen molar-refractivity contribution in [2.75, 3.05) is 32.2 Å². The maximum atomic E-state index is 11.5. The maximum absolute atomic E-state index is 11.5. The molecule has 0 aromatic carbocycles. The van der Waals surface area contributed by atoms with E-state index in [4.69, 9.17) is 9.47 Å². The summed E-state index contributed by atoms with van der Waals surface area (Å²) in [6, 6.07) is 0. The van der Waals surface area contributed by atoms with Crippen molar-refractivity contribution in [2.24, 2.45) is 0 Å². The number of anilines is 1. The van der Waals surface area contributed by atoms with E-state index < -0.39 is 0 Å². The fourth-order valence-electron chi connectivity index (χ4n) is 1.35. The number of nitrogens with zero attached hydrogens (tertiary/aromatic N) is 2. The highest BCUT2D eigenvalue weighted by atomic mass is 32.1. The fraction of sp³-hybridized carbons (Fsp3) is 0.667. The monoisotopic (exact) mass is 272 g/mol. The number of carbonyl (C=O) groups is 1. The number of hydrogen-bond acceptors (Lipinski definition) is 6. The number of hydrogen-bond donors (Lipinski definition) is 0. The van der Waals surface area contributed by atoms with Crippen molar-refractivity contribution < 1.29 is 14.3 Å². The minimum absolute atomic E-state index is 0.224. The Hall–Kier alpha value is -1.14. The van der Waals surface area contributed by atoms with Crippen LogP contribution in [0.15, 0.2) is 0 Å². The van der Waals surface area contributed by atoms with Crippen molar-refractivity contribution >= 4 is 22.4 Å². The van der Waals surface area contributed by atoms with E-state index in [9.17, 15) is 4.79 Å². The van der Waals surface area contributed by atoms with Crippen LogP contribution in [0.4, 0.5) is 5.13 Å². The second-order valence-electron chi connectivity index (χ2n) is 4.24. The van der Waals surface area contributed by atoms with Gasteiger partial charge in [-0.1, -0.05) is 11.3 Å². The van der Waals surface area contributed by atoms with Gasteiger partial charge in [0.05, 0.1) is 25.5 Å². The Morgan fingerprint density at radius 3 is 2.72 bits per heavy atom. The van der Waals surface area contributed by atoms with Crippen LogP contribution in [0.1, 0.15) is 29.2 Å². The van der Waals surface area contributed by atoms with Crippen LogP contribution in [-0.4, -0.2) is 44.4 Å². The molecule has 0 atom stereocenters. The normalized spacial score (nSPS) is 10.8. The molecule has 0 fully saturated rings. The number of carbonyl (C=O) groups excluding carboxylic acids is 1. The summed E-state index contributed by atoms with van der Waals surface area (Å²) in [6.45, 7) is 7.20. The Morgan fingerprint density at radius 2 is 2.17 bits per heavy atom. The Morgan fingerprint density at radius 1 is 1.50 bits per heavy atom. The Balaban J connectivity index is 2.63. The highest BCUT2D eigenvalue weighted by Crippen LogP contribution is 2.25. The Labute approximate surface area is 112 Å². The first-order valence-corrected chi connectivity index (χ1v) is 6.65. The van der Waals surface area contributed by atoms with Gasteiger partial charge in [-0.25, -0.2) is 9.78 Å². The third kappa shape index (κ3) is 3.96. The Bertz CT molecular complexity index is 404. The molecule has 1 heterocycles. The van der Waals surface area contributed by atoms with Crippen molar-refractivity contribution in [3.8, 4) is 0 Å². The molecule has 6 heteroatoms. The van der Waals surface area contributed by atoms with Crippen LogP contribution in [0.3, 0.4) is 0 Å². The predicted octanol–water partition coefficient (Wildman–Crippen LogP) is 2.10. The molecule has 0 aliphatic carbocycles. The number of esters is 1. The van der Waals surface area contributed by atoms with Crippen LogP contribution in [-0.2, 0) is 9.47 Å². The summed E-state index contributed by atoms with van der Waals surface area (Å²) < 4.78 is 10.2. The van der Waals surface area contributed by atoms with Crippen LogP contribution in [0, 0.1) is 6.92 Å². The number of aromatic nitrogens is 1. The third-order valence-electron chi connectivity index (χ3n) is 2.36. The summed E-state index contributed by atoms with van der Waals surface area (Å²) in [6.07, 6.45) is 0.224. The lowest BCUT2D eigenvalue weighted by Crippen LogP contribution is -2.23. The van der Waals surface area contributed by atoms with E-state index in [2.05, 4.69) is 4.98 Å². The number of rotatable bonds is 6. The minimum atomic E-state index is -0.330. The average molecular weight is 272 g/mol. The summed E-state index contributed by atoms with van der Waals surface area (Å²) in [4.78, 5) is 18.4. The molecule has 18 heavy (non-hydrogen) atoms. The van der Waals surface area contributed by atoms with Gasteiger partial charge in [-0.3, -0.25) is 0 Å². The smallest absolute Gasteiger partial charge is 0.350 e. The highest BCUT2D eigenvalue weighted by molar-refractivity contribution is 7.17. The predicted molar refractivity (Wildman–Crippen MR) is 72.5 cm³/mol. The molecule has 0 saturated heterocycles. The molecule has 0 aliphatic rings. The van der Waals surface area contributed by atoms with E-state index in [0.717, 1.165) is 11.7 Å². The number of aryl methyl sites for hydroxylation is 1. The SMILES string of the molecule is COC(=O)c1sc(N(C)CCOC(C)C)nc1C. The topological polar surface area (TPSA) is 51.7 Å². The molecule has 5 nitrogen and oxygen atoms in total. The van der Waals surface area contributed by atoms with Gasteiger partial charge >= 0.3 is 5.97 Å². The highest BCUT2D eigenvalue weighted by Gasteiger charge is 2.17. The van der Waals surface area contributed by atoms with Crippen molar-refractivity contribution in [1.82, 2.24) is 4.98 Å². The molecule has 0 N–H and O–H groups in total. The summed E-state index contributed by atoms with van der Waals surface area (Å²) >= 11 is 1.34. The summed E-state index contributed by atoms with van der Waals surface area (Å²) in [5.41, 5.74) is 0.707. The first-order valence-electron chi connectivity index (χ1n) is 5.84. The van der Waals surface area contributed by atoms with Gasteiger partial charge in [0.2, 0.25) is 0 Å². The van der Waals surface area contributed by atoms with Gasteiger partial charge in [-0.05, 0) is 20.8 Å². The van der Waals surface area contributed by atoms with Crippen LogP contribution >= 0.6 is 11.3 Å². The van der Waals surface area contributed by atoms with Crippen LogP contribution in [0.5, 0.6) is 0 Å². The molecular weight excluding hydrogens is 252 g/mol. The van der Waals surface area contributed by atoms with Gasteiger partial charge in [-0.2, -0.15) is 0 Å². The molecule has 1 rings (SSSR count). The molecule has 0 spiro atoms. The fourth-order valence-corrected chi connectivity index (χ4v) is 2.32. The number of thiazole rings is 1. The summed E-state index contributed by atoms with van der Waals surface area (Å²) in [5, 5.41) is 0.806. The molecule has 0 bridgehead atoms. The first-order chi connectivity index (χ1) is 8.45. The zero-order valence-corrected chi connectivity index (χ0v) is 12.3. The second-order valence-corrected chi connectivity index (χ2v) is 5.22. The van der Waals surface area contributed by atoms with Crippen molar-refractivity contribution in [3.63, 3.8) is 0 Å². The summed E-state index contributed by atoms with van der Waals surface area (Å²) in [7, 11) is 3.31. The van der Waals surface area contributed by atoms with E-state index in [-0.39, 0.29) is 12.1 Å². The van der Waals surface area contributed by atoms with Gasteiger partial charge in [0.1, 0.15) is 4.88 Å². The van der Waals surface area contributed by atoms with E-state index >= 15 is 0 Å². The van der Waals surface area contributed by atoms with Gasteiger partial charge in [0.15, 0.2) is 5.13 Å². The summed E-state index contributed by atoms with van der Waals surface area (Å²) in [5.74, 6) is -0.330. The zero-order valence-electron chi connectivity index (χ0n) is 11.5. The lowest BCUT2D eigenvalue weighted by atomic mass is 10.4. The number of ether oxygens (including phenoxy) is 2. The number of likely N-dealkylation sites (N-methyl/N-ethyl adjacent to an activating group) is 1. The van der Waals surface area contributed by atoms with E-state index in [1.807, 2.05) is 32.7 Å². The molecule has 1 aromatic rings. The zero-order chi connectivity index (χ0) is 13.7. The average Bonchev–Trinajstić information content (AvgIpc) is 2.70. The van der Waals surface area contributed by atoms with Crippen LogP contribution in [0.2, 0.25) is 0 Å². The Kier molecular flexibility index (Phi) is 5.55. The van der Waals surface area contributed by atoms with Gasteiger partial charge in [0.25, 0.3) is 0 Å². The molecule has 0 saturated carbocycles. The van der Waals surface area contributed by atoms with Crippen molar-refractivity contribution in [3.05, 3.63) is 10.6 Å². The molecule has 0 amide bonds. The molecule has 0 unspecified atom stereocenters. The van der Waals surface area contributed by atoms with Crippen molar-refractivity contribution in [2.45, 2.75) is 26.9 Å². The van der Waals surface area contributed by atoms with Gasteiger partial charge in [0, 0.05) is 13.6 Å². The van der Waals surface area contributed by atoms with Crippen molar-refractivity contribution in [1.29, 1.82) is 0 Å². The van der Waals surface area contributed by atoms with E-state index in [1.54, 1.807) is 0 Å². The van der Waals surface area contributed by atoms with Crippen LogP contribution in [0.25, 0.3) is 0 Å². The largest absolute Gasteiger partial charge is 0.465 e. The molecule has 102 valence electrons. The lowest BCUT2D eigenvalue weighted by Gasteiger charge is -2.16.